The fourth-order valence-electron chi connectivity index (χ4n) is 2.32. The highest BCUT2D eigenvalue weighted by atomic mass is 19.4. The SMILES string of the molecule is O=C1CCC(C(=O)N2CCC(C(=O)O)(C(F)(F)F)C2)=NN1. The number of rotatable bonds is 2. The van der Waals surface area contributed by atoms with Crippen molar-refractivity contribution >= 4 is 23.5 Å². The standard InChI is InChI=1S/C11H12F3N3O4/c12-11(13,14)10(9(20)21)3-4-17(5-10)8(19)6-1-2-7(18)16-15-6/h1-5H2,(H,16,18)(H,20,21). The lowest BCUT2D eigenvalue weighted by molar-refractivity contribution is -0.227. The third-order valence-electron chi connectivity index (χ3n) is 3.66. The largest absolute Gasteiger partial charge is 0.481 e. The van der Waals surface area contributed by atoms with E-state index in [2.05, 4.69) is 10.5 Å². The van der Waals surface area contributed by atoms with Gasteiger partial charge in [-0.3, -0.25) is 14.4 Å². The van der Waals surface area contributed by atoms with Gasteiger partial charge in [-0.25, -0.2) is 5.43 Å². The van der Waals surface area contributed by atoms with Crippen LogP contribution in [0.2, 0.25) is 0 Å². The van der Waals surface area contributed by atoms with E-state index in [1.165, 1.54) is 0 Å². The molecule has 0 aromatic carbocycles. The first-order valence-electron chi connectivity index (χ1n) is 6.12. The van der Waals surface area contributed by atoms with Gasteiger partial charge in [0.25, 0.3) is 5.91 Å². The molecule has 1 saturated heterocycles. The summed E-state index contributed by atoms with van der Waals surface area (Å²) < 4.78 is 39.0. The van der Waals surface area contributed by atoms with Crippen molar-refractivity contribution in [1.29, 1.82) is 0 Å². The molecule has 0 saturated carbocycles. The number of hydrogen-bond acceptors (Lipinski definition) is 4. The number of carbonyl (C=O) groups is 3. The molecule has 0 aromatic heterocycles. The molecule has 0 spiro atoms. The van der Waals surface area contributed by atoms with Crippen molar-refractivity contribution in [2.45, 2.75) is 25.4 Å². The molecular weight excluding hydrogens is 295 g/mol. The number of alkyl halides is 3. The molecule has 0 aromatic rings. The summed E-state index contributed by atoms with van der Waals surface area (Å²) in [6, 6.07) is 0. The molecular formula is C11H12F3N3O4. The number of nitrogens with zero attached hydrogens (tertiary/aromatic N) is 2. The molecule has 2 rings (SSSR count). The number of amides is 2. The Balaban J connectivity index is 2.16. The number of aliphatic carboxylic acids is 1. The van der Waals surface area contributed by atoms with Crippen molar-refractivity contribution in [3.05, 3.63) is 0 Å². The van der Waals surface area contributed by atoms with E-state index in [-0.39, 0.29) is 31.0 Å². The first-order chi connectivity index (χ1) is 9.67. The van der Waals surface area contributed by atoms with Gasteiger partial charge in [-0.2, -0.15) is 18.3 Å². The predicted molar refractivity (Wildman–Crippen MR) is 62.1 cm³/mol. The van der Waals surface area contributed by atoms with Gasteiger partial charge in [0.1, 0.15) is 5.71 Å². The maximum atomic E-state index is 13.0. The molecule has 0 radical (unpaired) electrons. The number of carboxylic acid groups (broad SMARTS) is 1. The number of carboxylic acids is 1. The zero-order valence-corrected chi connectivity index (χ0v) is 10.7. The van der Waals surface area contributed by atoms with Crippen LogP contribution in [-0.4, -0.2) is 52.8 Å². The van der Waals surface area contributed by atoms with Crippen molar-refractivity contribution in [3.63, 3.8) is 0 Å². The fraction of sp³-hybridized carbons (Fsp3) is 0.636. The monoisotopic (exact) mass is 307 g/mol. The average molecular weight is 307 g/mol. The van der Waals surface area contributed by atoms with Crippen molar-refractivity contribution in [3.8, 4) is 0 Å². The van der Waals surface area contributed by atoms with Crippen molar-refractivity contribution in [2.24, 2.45) is 10.5 Å². The Labute approximate surface area is 116 Å². The molecule has 0 bridgehead atoms. The van der Waals surface area contributed by atoms with Gasteiger partial charge in [-0.05, 0) is 6.42 Å². The number of hydrogen-bond donors (Lipinski definition) is 2. The van der Waals surface area contributed by atoms with Crippen molar-refractivity contribution in [1.82, 2.24) is 10.3 Å². The highest BCUT2D eigenvalue weighted by molar-refractivity contribution is 6.39. The quantitative estimate of drug-likeness (QED) is 0.757. The molecule has 2 aliphatic heterocycles. The zero-order chi connectivity index (χ0) is 15.8. The van der Waals surface area contributed by atoms with Gasteiger partial charge in [0, 0.05) is 25.9 Å². The lowest BCUT2D eigenvalue weighted by Gasteiger charge is -2.27. The number of halogens is 3. The summed E-state index contributed by atoms with van der Waals surface area (Å²) >= 11 is 0. The molecule has 21 heavy (non-hydrogen) atoms. The van der Waals surface area contributed by atoms with Gasteiger partial charge in [0.15, 0.2) is 5.41 Å². The topological polar surface area (TPSA) is 99.1 Å². The lowest BCUT2D eigenvalue weighted by Crippen LogP contribution is -2.48. The molecule has 2 N–H and O–H groups in total. The number of hydrazone groups is 1. The van der Waals surface area contributed by atoms with Crippen LogP contribution in [0.5, 0.6) is 0 Å². The second kappa shape index (κ2) is 5.01. The minimum absolute atomic E-state index is 0.0156. The van der Waals surface area contributed by atoms with Gasteiger partial charge < -0.3 is 10.0 Å². The first-order valence-corrected chi connectivity index (χ1v) is 6.12. The Morgan fingerprint density at radius 3 is 2.43 bits per heavy atom. The van der Waals surface area contributed by atoms with Gasteiger partial charge in [-0.15, -0.1) is 0 Å². The molecule has 2 amide bonds. The van der Waals surface area contributed by atoms with E-state index in [9.17, 15) is 27.6 Å². The van der Waals surface area contributed by atoms with Gasteiger partial charge in [0.2, 0.25) is 5.91 Å². The molecule has 2 aliphatic rings. The molecule has 0 aliphatic carbocycles. The van der Waals surface area contributed by atoms with E-state index in [1.807, 2.05) is 0 Å². The first kappa shape index (κ1) is 15.3. The Morgan fingerprint density at radius 1 is 1.33 bits per heavy atom. The second-order valence-corrected chi connectivity index (χ2v) is 4.96. The van der Waals surface area contributed by atoms with Crippen LogP contribution in [0.1, 0.15) is 19.3 Å². The molecule has 1 unspecified atom stereocenters. The third kappa shape index (κ3) is 2.57. The molecule has 7 nitrogen and oxygen atoms in total. The summed E-state index contributed by atoms with van der Waals surface area (Å²) in [5.41, 5.74) is -0.941. The molecule has 10 heteroatoms. The highest BCUT2D eigenvalue weighted by Gasteiger charge is 2.64. The summed E-state index contributed by atoms with van der Waals surface area (Å²) in [6.45, 7) is -1.27. The Hall–Kier alpha value is -2.13. The molecule has 1 atom stereocenters. The van der Waals surface area contributed by atoms with Gasteiger partial charge in [-0.1, -0.05) is 0 Å². The molecule has 2 heterocycles. The maximum absolute atomic E-state index is 13.0. The van der Waals surface area contributed by atoms with Gasteiger partial charge in [0.05, 0.1) is 0 Å². The molecule has 1 fully saturated rings. The third-order valence-corrected chi connectivity index (χ3v) is 3.66. The van der Waals surface area contributed by atoms with E-state index in [0.29, 0.717) is 0 Å². The summed E-state index contributed by atoms with van der Waals surface area (Å²) in [6.07, 6.45) is -5.61. The van der Waals surface area contributed by atoms with Crippen LogP contribution < -0.4 is 5.43 Å². The zero-order valence-electron chi connectivity index (χ0n) is 10.7. The normalized spacial score (nSPS) is 26.3. The molecule has 116 valence electrons. The fourth-order valence-corrected chi connectivity index (χ4v) is 2.32. The van der Waals surface area contributed by atoms with Crippen molar-refractivity contribution < 1.29 is 32.7 Å². The van der Waals surface area contributed by atoms with Crippen LogP contribution >= 0.6 is 0 Å². The van der Waals surface area contributed by atoms with Crippen LogP contribution in [0.15, 0.2) is 5.10 Å². The highest BCUT2D eigenvalue weighted by Crippen LogP contribution is 2.45. The Kier molecular flexibility index (Phi) is 3.64. The number of likely N-dealkylation sites (tertiary alicyclic amines) is 1. The van der Waals surface area contributed by atoms with E-state index >= 15 is 0 Å². The van der Waals surface area contributed by atoms with Crippen molar-refractivity contribution in [2.75, 3.05) is 13.1 Å². The number of nitrogens with one attached hydrogen (secondary N) is 1. The van der Waals surface area contributed by atoms with E-state index in [4.69, 9.17) is 5.11 Å². The predicted octanol–water partition coefficient (Wildman–Crippen LogP) is 0.118. The van der Waals surface area contributed by atoms with E-state index in [0.717, 1.165) is 4.90 Å². The summed E-state index contributed by atoms with van der Waals surface area (Å²) in [4.78, 5) is 34.8. The average Bonchev–Trinajstić information content (AvgIpc) is 2.84. The minimum atomic E-state index is -4.95. The van der Waals surface area contributed by atoms with Crippen LogP contribution in [0.4, 0.5) is 13.2 Å². The van der Waals surface area contributed by atoms with Crippen LogP contribution in [0.25, 0.3) is 0 Å². The van der Waals surface area contributed by atoms with E-state index < -0.39 is 36.4 Å². The van der Waals surface area contributed by atoms with Gasteiger partial charge >= 0.3 is 12.1 Å². The van der Waals surface area contributed by atoms with Crippen LogP contribution in [0.3, 0.4) is 0 Å². The lowest BCUT2D eigenvalue weighted by atomic mass is 9.86. The van der Waals surface area contributed by atoms with E-state index in [1.54, 1.807) is 0 Å². The Morgan fingerprint density at radius 2 is 2.00 bits per heavy atom. The number of carbonyl (C=O) groups excluding carboxylic acids is 2. The minimum Gasteiger partial charge on any atom is -0.481 e. The van der Waals surface area contributed by atoms with Crippen LogP contribution in [0, 0.1) is 5.41 Å². The second-order valence-electron chi connectivity index (χ2n) is 4.96. The Bertz CT molecular complexity index is 531. The van der Waals surface area contributed by atoms with Crippen LogP contribution in [-0.2, 0) is 14.4 Å². The maximum Gasteiger partial charge on any atom is 0.406 e. The summed E-state index contributed by atoms with van der Waals surface area (Å²) in [7, 11) is 0. The smallest absolute Gasteiger partial charge is 0.406 e. The summed E-state index contributed by atoms with van der Waals surface area (Å²) in [5.74, 6) is -3.16. The summed E-state index contributed by atoms with van der Waals surface area (Å²) in [5, 5.41) is 12.4.